The second kappa shape index (κ2) is 7.28. The summed E-state index contributed by atoms with van der Waals surface area (Å²) < 4.78 is 5.70. The van der Waals surface area contributed by atoms with Crippen LogP contribution in [0.25, 0.3) is 11.1 Å². The Kier molecular flexibility index (Phi) is 5.09. The standard InChI is InChI=1S/C21H25NO3/c1-3-25-19-10-5-4-9-18(19)15-7-6-8-16(13-15)20(24)22-21(2,14-23)17-11-12-17/h4-10,13,17,23H,3,11-12,14H2,1-2H3,(H,22,24). The molecule has 0 saturated heterocycles. The Hall–Kier alpha value is -2.33. The van der Waals surface area contributed by atoms with Gasteiger partial charge in [0.25, 0.3) is 5.91 Å². The Labute approximate surface area is 148 Å². The summed E-state index contributed by atoms with van der Waals surface area (Å²) in [5.74, 6) is 1.02. The predicted molar refractivity (Wildman–Crippen MR) is 98.7 cm³/mol. The highest BCUT2D eigenvalue weighted by Gasteiger charge is 2.42. The topological polar surface area (TPSA) is 58.6 Å². The molecule has 1 amide bonds. The average molecular weight is 339 g/mol. The molecule has 0 aliphatic heterocycles. The van der Waals surface area contributed by atoms with E-state index in [1.807, 2.05) is 56.3 Å². The normalized spacial score (nSPS) is 16.1. The largest absolute Gasteiger partial charge is 0.493 e. The summed E-state index contributed by atoms with van der Waals surface area (Å²) in [6.45, 7) is 4.41. The van der Waals surface area contributed by atoms with Crippen LogP contribution in [0, 0.1) is 5.92 Å². The van der Waals surface area contributed by atoms with Gasteiger partial charge in [-0.3, -0.25) is 4.79 Å². The SMILES string of the molecule is CCOc1ccccc1-c1cccc(C(=O)NC(C)(CO)C2CC2)c1. The molecule has 0 bridgehead atoms. The van der Waals surface area contributed by atoms with Gasteiger partial charge in [0.15, 0.2) is 0 Å². The summed E-state index contributed by atoms with van der Waals surface area (Å²) in [6.07, 6.45) is 2.11. The summed E-state index contributed by atoms with van der Waals surface area (Å²) in [6, 6.07) is 15.3. The Morgan fingerprint density at radius 1 is 1.24 bits per heavy atom. The highest BCUT2D eigenvalue weighted by molar-refractivity contribution is 5.96. The first-order chi connectivity index (χ1) is 12.1. The van der Waals surface area contributed by atoms with Crippen molar-refractivity contribution in [1.82, 2.24) is 5.32 Å². The predicted octanol–water partition coefficient (Wildman–Crippen LogP) is 3.64. The Bertz CT molecular complexity index is 754. The van der Waals surface area contributed by atoms with Crippen LogP contribution in [0.1, 0.15) is 37.0 Å². The van der Waals surface area contributed by atoms with Crippen LogP contribution in [-0.2, 0) is 0 Å². The van der Waals surface area contributed by atoms with Crippen molar-refractivity contribution in [2.45, 2.75) is 32.2 Å². The molecule has 0 heterocycles. The molecule has 1 atom stereocenters. The van der Waals surface area contributed by atoms with Crippen molar-refractivity contribution in [2.75, 3.05) is 13.2 Å². The van der Waals surface area contributed by atoms with Gasteiger partial charge in [-0.05, 0) is 56.4 Å². The van der Waals surface area contributed by atoms with Crippen LogP contribution in [0.2, 0.25) is 0 Å². The number of rotatable bonds is 7. The van der Waals surface area contributed by atoms with E-state index in [-0.39, 0.29) is 12.5 Å². The summed E-state index contributed by atoms with van der Waals surface area (Å²) in [5.41, 5.74) is 1.94. The molecule has 3 rings (SSSR count). The fraction of sp³-hybridized carbons (Fsp3) is 0.381. The van der Waals surface area contributed by atoms with E-state index in [0.29, 0.717) is 18.1 Å². The number of hydrogen-bond donors (Lipinski definition) is 2. The fourth-order valence-electron chi connectivity index (χ4n) is 3.14. The van der Waals surface area contributed by atoms with Gasteiger partial charge in [0.05, 0.1) is 18.8 Å². The maximum absolute atomic E-state index is 12.7. The molecule has 4 nitrogen and oxygen atoms in total. The van der Waals surface area contributed by atoms with Gasteiger partial charge in [0.2, 0.25) is 0 Å². The molecule has 1 fully saturated rings. The maximum atomic E-state index is 12.7. The van der Waals surface area contributed by atoms with Crippen LogP contribution in [0.4, 0.5) is 0 Å². The molecular formula is C21H25NO3. The summed E-state index contributed by atoms with van der Waals surface area (Å²) >= 11 is 0. The van der Waals surface area contributed by atoms with Crippen molar-refractivity contribution in [3.8, 4) is 16.9 Å². The monoisotopic (exact) mass is 339 g/mol. The van der Waals surface area contributed by atoms with Gasteiger partial charge >= 0.3 is 0 Å². The molecule has 0 radical (unpaired) electrons. The summed E-state index contributed by atoms with van der Waals surface area (Å²) in [4.78, 5) is 12.7. The third-order valence-electron chi connectivity index (χ3n) is 4.83. The highest BCUT2D eigenvalue weighted by Crippen LogP contribution is 2.39. The number of aliphatic hydroxyl groups excluding tert-OH is 1. The fourth-order valence-corrected chi connectivity index (χ4v) is 3.14. The lowest BCUT2D eigenvalue weighted by Crippen LogP contribution is -2.50. The first kappa shape index (κ1) is 17.5. The van der Waals surface area contributed by atoms with Crippen LogP contribution < -0.4 is 10.1 Å². The van der Waals surface area contributed by atoms with Crippen LogP contribution in [-0.4, -0.2) is 29.8 Å². The molecule has 0 spiro atoms. The van der Waals surface area contributed by atoms with Crippen molar-refractivity contribution in [2.24, 2.45) is 5.92 Å². The van der Waals surface area contributed by atoms with Crippen LogP contribution in [0.3, 0.4) is 0 Å². The number of ether oxygens (including phenoxy) is 1. The van der Waals surface area contributed by atoms with Crippen molar-refractivity contribution < 1.29 is 14.6 Å². The lowest BCUT2D eigenvalue weighted by Gasteiger charge is -2.28. The molecule has 2 aromatic carbocycles. The van der Waals surface area contributed by atoms with Gasteiger partial charge in [-0.1, -0.05) is 30.3 Å². The van der Waals surface area contributed by atoms with Crippen molar-refractivity contribution >= 4 is 5.91 Å². The van der Waals surface area contributed by atoms with Crippen molar-refractivity contribution in [3.63, 3.8) is 0 Å². The number of carbonyl (C=O) groups excluding carboxylic acids is 1. The molecule has 1 aliphatic rings. The second-order valence-electron chi connectivity index (χ2n) is 6.81. The smallest absolute Gasteiger partial charge is 0.251 e. The minimum Gasteiger partial charge on any atom is -0.493 e. The van der Waals surface area contributed by atoms with Gasteiger partial charge in [0.1, 0.15) is 5.75 Å². The van der Waals surface area contributed by atoms with Crippen LogP contribution in [0.15, 0.2) is 48.5 Å². The molecule has 132 valence electrons. The van der Waals surface area contributed by atoms with Gasteiger partial charge in [-0.2, -0.15) is 0 Å². The molecule has 2 aromatic rings. The summed E-state index contributed by atoms with van der Waals surface area (Å²) in [5, 5.41) is 12.7. The molecule has 25 heavy (non-hydrogen) atoms. The minimum atomic E-state index is -0.545. The van der Waals surface area contributed by atoms with Gasteiger partial charge < -0.3 is 15.2 Å². The maximum Gasteiger partial charge on any atom is 0.251 e. The van der Waals surface area contributed by atoms with E-state index in [1.165, 1.54) is 0 Å². The number of amides is 1. The number of carbonyl (C=O) groups is 1. The quantitative estimate of drug-likeness (QED) is 0.810. The number of aliphatic hydroxyl groups is 1. The first-order valence-electron chi connectivity index (χ1n) is 8.83. The Balaban J connectivity index is 1.85. The zero-order valence-electron chi connectivity index (χ0n) is 14.8. The van der Waals surface area contributed by atoms with E-state index in [2.05, 4.69) is 5.32 Å². The third-order valence-corrected chi connectivity index (χ3v) is 4.83. The van der Waals surface area contributed by atoms with Crippen LogP contribution >= 0.6 is 0 Å². The number of hydrogen-bond acceptors (Lipinski definition) is 3. The Morgan fingerprint density at radius 3 is 2.68 bits per heavy atom. The van der Waals surface area contributed by atoms with E-state index >= 15 is 0 Å². The zero-order valence-corrected chi connectivity index (χ0v) is 14.8. The zero-order chi connectivity index (χ0) is 17.9. The molecule has 1 saturated carbocycles. The molecule has 0 aromatic heterocycles. The second-order valence-corrected chi connectivity index (χ2v) is 6.81. The number of nitrogens with one attached hydrogen (secondary N) is 1. The van der Waals surface area contributed by atoms with E-state index in [9.17, 15) is 9.90 Å². The van der Waals surface area contributed by atoms with Gasteiger partial charge in [-0.25, -0.2) is 0 Å². The average Bonchev–Trinajstić information content (AvgIpc) is 3.48. The van der Waals surface area contributed by atoms with Crippen molar-refractivity contribution in [1.29, 1.82) is 0 Å². The lowest BCUT2D eigenvalue weighted by molar-refractivity contribution is 0.0824. The molecule has 2 N–H and O–H groups in total. The van der Waals surface area contributed by atoms with Crippen molar-refractivity contribution in [3.05, 3.63) is 54.1 Å². The van der Waals surface area contributed by atoms with E-state index in [4.69, 9.17) is 4.74 Å². The summed E-state index contributed by atoms with van der Waals surface area (Å²) in [7, 11) is 0. The van der Waals surface area contributed by atoms with E-state index < -0.39 is 5.54 Å². The minimum absolute atomic E-state index is 0.0454. The van der Waals surface area contributed by atoms with Gasteiger partial charge in [-0.15, -0.1) is 0 Å². The van der Waals surface area contributed by atoms with Crippen LogP contribution in [0.5, 0.6) is 5.75 Å². The third kappa shape index (κ3) is 3.85. The molecule has 1 aliphatic carbocycles. The lowest BCUT2D eigenvalue weighted by atomic mass is 9.95. The molecule has 4 heteroatoms. The van der Waals surface area contributed by atoms with E-state index in [0.717, 1.165) is 29.7 Å². The Morgan fingerprint density at radius 2 is 2.00 bits per heavy atom. The first-order valence-corrected chi connectivity index (χ1v) is 8.83. The van der Waals surface area contributed by atoms with E-state index in [1.54, 1.807) is 6.07 Å². The molecular weight excluding hydrogens is 314 g/mol. The highest BCUT2D eigenvalue weighted by atomic mass is 16.5. The molecule has 1 unspecified atom stereocenters. The number of benzene rings is 2. The van der Waals surface area contributed by atoms with Gasteiger partial charge in [0, 0.05) is 11.1 Å². The number of para-hydroxylation sites is 1.